The average Bonchev–Trinajstić information content (AvgIpc) is 2.90. The lowest BCUT2D eigenvalue weighted by Gasteiger charge is -2.34. The second kappa shape index (κ2) is 9.45. The van der Waals surface area contributed by atoms with Crippen molar-refractivity contribution in [1.29, 1.82) is 5.26 Å². The number of carbonyl (C=O) groups excluding carboxylic acids is 1. The first-order valence-corrected chi connectivity index (χ1v) is 12.7. The molecule has 1 aromatic carbocycles. The van der Waals surface area contributed by atoms with Crippen molar-refractivity contribution in [1.82, 2.24) is 20.5 Å². The Kier molecular flexibility index (Phi) is 5.97. The number of aromatic nitrogens is 3. The van der Waals surface area contributed by atoms with Crippen LogP contribution in [0.3, 0.4) is 0 Å². The maximum absolute atomic E-state index is 13.0. The number of hydrogen-bond donors (Lipinski definition) is 1. The summed E-state index contributed by atoms with van der Waals surface area (Å²) in [5, 5.41) is 21.4. The summed E-state index contributed by atoms with van der Waals surface area (Å²) < 4.78 is 5.57. The second-order valence-electron chi connectivity index (χ2n) is 10.2. The van der Waals surface area contributed by atoms with Crippen molar-refractivity contribution in [3.63, 3.8) is 0 Å². The Labute approximate surface area is 216 Å². The van der Waals surface area contributed by atoms with Gasteiger partial charge in [-0.05, 0) is 60.4 Å². The molecule has 1 amide bonds. The van der Waals surface area contributed by atoms with Crippen LogP contribution >= 0.6 is 0 Å². The fourth-order valence-corrected chi connectivity index (χ4v) is 5.13. The Morgan fingerprint density at radius 3 is 2.73 bits per heavy atom. The maximum atomic E-state index is 13.0. The summed E-state index contributed by atoms with van der Waals surface area (Å²) in [6, 6.07) is 16.0. The third kappa shape index (κ3) is 4.49. The van der Waals surface area contributed by atoms with Crippen LogP contribution < -0.4 is 15.1 Å². The van der Waals surface area contributed by atoms with Crippen LogP contribution in [0.4, 0.5) is 11.6 Å². The van der Waals surface area contributed by atoms with Gasteiger partial charge in [0, 0.05) is 38.2 Å². The van der Waals surface area contributed by atoms with E-state index in [0.717, 1.165) is 60.1 Å². The molecule has 3 aliphatic rings. The fourth-order valence-electron chi connectivity index (χ4n) is 5.13. The molecule has 0 unspecified atom stereocenters. The molecule has 6 rings (SSSR count). The van der Waals surface area contributed by atoms with Crippen molar-refractivity contribution in [3.8, 4) is 6.07 Å². The van der Waals surface area contributed by atoms with E-state index in [2.05, 4.69) is 49.6 Å². The highest BCUT2D eigenvalue weighted by Gasteiger charge is 2.33. The molecular formula is C28H29N7O2. The topological polar surface area (TPSA) is 107 Å². The monoisotopic (exact) mass is 495 g/mol. The molecule has 9 heteroatoms. The number of rotatable bonds is 5. The molecule has 2 aromatic heterocycles. The highest BCUT2D eigenvalue weighted by molar-refractivity contribution is 5.94. The molecule has 0 aliphatic carbocycles. The van der Waals surface area contributed by atoms with E-state index in [1.807, 2.05) is 25.1 Å². The van der Waals surface area contributed by atoms with Gasteiger partial charge < -0.3 is 19.9 Å². The smallest absolute Gasteiger partial charge is 0.251 e. The fraction of sp³-hybridized carbons (Fsp3) is 0.393. The van der Waals surface area contributed by atoms with E-state index in [9.17, 15) is 10.1 Å². The Morgan fingerprint density at radius 2 is 1.95 bits per heavy atom. The van der Waals surface area contributed by atoms with E-state index < -0.39 is 5.41 Å². The lowest BCUT2D eigenvalue weighted by atomic mass is 9.79. The van der Waals surface area contributed by atoms with E-state index in [4.69, 9.17) is 9.72 Å². The summed E-state index contributed by atoms with van der Waals surface area (Å²) in [6.07, 6.45) is 2.03. The number of nitriles is 1. The minimum absolute atomic E-state index is 0.206. The van der Waals surface area contributed by atoms with E-state index >= 15 is 0 Å². The van der Waals surface area contributed by atoms with Crippen molar-refractivity contribution in [2.45, 2.75) is 44.9 Å². The van der Waals surface area contributed by atoms with Crippen LogP contribution in [0.15, 0.2) is 42.5 Å². The van der Waals surface area contributed by atoms with Gasteiger partial charge in [0.05, 0.1) is 37.2 Å². The maximum Gasteiger partial charge on any atom is 0.251 e. The Balaban J connectivity index is 1.14. The standard InChI is InChI=1S/C28H29N7O2/c1-28(17-29)18-37-16-20-7-6-19(13-23(20)28)27(36)30-14-22-12-21-15-35(11-8-24(21)33-32-22)26-5-2-4-25(31-26)34-9-3-10-34/h2,4-7,12-13H,3,8-11,14-16,18H2,1H3,(H,30,36)/t28-/m1/s1. The molecule has 5 heterocycles. The van der Waals surface area contributed by atoms with Crippen molar-refractivity contribution < 1.29 is 9.53 Å². The van der Waals surface area contributed by atoms with Gasteiger partial charge in [-0.1, -0.05) is 12.1 Å². The van der Waals surface area contributed by atoms with E-state index in [1.54, 1.807) is 6.07 Å². The second-order valence-corrected chi connectivity index (χ2v) is 10.2. The zero-order valence-electron chi connectivity index (χ0n) is 20.9. The summed E-state index contributed by atoms with van der Waals surface area (Å²) in [6.45, 7) is 6.59. The quantitative estimate of drug-likeness (QED) is 0.576. The van der Waals surface area contributed by atoms with Crippen LogP contribution in [0.25, 0.3) is 0 Å². The number of nitrogens with zero attached hydrogens (tertiary/aromatic N) is 6. The molecule has 3 aromatic rings. The number of hydrogen-bond acceptors (Lipinski definition) is 8. The largest absolute Gasteiger partial charge is 0.375 e. The first-order chi connectivity index (χ1) is 18.0. The highest BCUT2D eigenvalue weighted by atomic mass is 16.5. The van der Waals surface area contributed by atoms with Crippen LogP contribution in [-0.4, -0.2) is 47.3 Å². The SMILES string of the molecule is C[C@@]1(C#N)COCc2ccc(C(=O)NCc3cc4c(nn3)CCN(c3cccc(N5CCC5)n3)C4)cc21. The molecule has 1 atom stereocenters. The van der Waals surface area contributed by atoms with Gasteiger partial charge in [0.1, 0.15) is 17.1 Å². The first-order valence-electron chi connectivity index (χ1n) is 12.7. The van der Waals surface area contributed by atoms with Gasteiger partial charge in [-0.15, -0.1) is 0 Å². The lowest BCUT2D eigenvalue weighted by molar-refractivity contribution is 0.0757. The molecule has 1 N–H and O–H groups in total. The number of fused-ring (bicyclic) bond motifs is 2. The van der Waals surface area contributed by atoms with Crippen LogP contribution in [0, 0.1) is 11.3 Å². The van der Waals surface area contributed by atoms with Gasteiger partial charge >= 0.3 is 0 Å². The zero-order chi connectivity index (χ0) is 25.4. The Hall–Kier alpha value is -4.03. The molecule has 0 bridgehead atoms. The molecule has 188 valence electrons. The number of anilines is 2. The summed E-state index contributed by atoms with van der Waals surface area (Å²) >= 11 is 0. The average molecular weight is 496 g/mol. The Bertz CT molecular complexity index is 1400. The normalized spacial score (nSPS) is 20.3. The van der Waals surface area contributed by atoms with Gasteiger partial charge in [-0.3, -0.25) is 4.79 Å². The molecule has 0 spiro atoms. The number of ether oxygens (including phenoxy) is 1. The van der Waals surface area contributed by atoms with E-state index in [0.29, 0.717) is 31.0 Å². The predicted octanol–water partition coefficient (Wildman–Crippen LogP) is 2.89. The summed E-state index contributed by atoms with van der Waals surface area (Å²) in [7, 11) is 0. The number of nitrogens with one attached hydrogen (secondary N) is 1. The van der Waals surface area contributed by atoms with E-state index in [-0.39, 0.29) is 12.5 Å². The number of carbonyl (C=O) groups is 1. The van der Waals surface area contributed by atoms with Crippen molar-refractivity contribution in [2.24, 2.45) is 0 Å². The van der Waals surface area contributed by atoms with Gasteiger partial charge in [0.2, 0.25) is 0 Å². The van der Waals surface area contributed by atoms with Gasteiger partial charge in [-0.2, -0.15) is 15.5 Å². The summed E-state index contributed by atoms with van der Waals surface area (Å²) in [5.74, 6) is 1.81. The van der Waals surface area contributed by atoms with Crippen LogP contribution in [0.5, 0.6) is 0 Å². The molecule has 0 saturated carbocycles. The molecular weight excluding hydrogens is 466 g/mol. The zero-order valence-corrected chi connectivity index (χ0v) is 20.9. The molecule has 0 radical (unpaired) electrons. The van der Waals surface area contributed by atoms with Crippen LogP contribution in [-0.2, 0) is 36.3 Å². The highest BCUT2D eigenvalue weighted by Crippen LogP contribution is 2.32. The molecule has 37 heavy (non-hydrogen) atoms. The lowest BCUT2D eigenvalue weighted by Crippen LogP contribution is -2.38. The molecule has 1 fully saturated rings. The predicted molar refractivity (Wildman–Crippen MR) is 138 cm³/mol. The molecule has 1 saturated heterocycles. The van der Waals surface area contributed by atoms with Gasteiger partial charge in [0.25, 0.3) is 5.91 Å². The van der Waals surface area contributed by atoms with Crippen molar-refractivity contribution in [3.05, 3.63) is 76.1 Å². The summed E-state index contributed by atoms with van der Waals surface area (Å²) in [5.41, 5.74) is 4.38. The number of amides is 1. The van der Waals surface area contributed by atoms with Crippen LogP contribution in [0.2, 0.25) is 0 Å². The molecule has 3 aliphatic heterocycles. The Morgan fingerprint density at radius 1 is 1.11 bits per heavy atom. The van der Waals surface area contributed by atoms with E-state index in [1.165, 1.54) is 6.42 Å². The van der Waals surface area contributed by atoms with Crippen molar-refractivity contribution in [2.75, 3.05) is 36.0 Å². The number of pyridine rings is 1. The van der Waals surface area contributed by atoms with Crippen molar-refractivity contribution >= 4 is 17.5 Å². The third-order valence-electron chi connectivity index (χ3n) is 7.51. The van der Waals surface area contributed by atoms with Crippen LogP contribution in [0.1, 0.15) is 51.8 Å². The van der Waals surface area contributed by atoms with Gasteiger partial charge in [-0.25, -0.2) is 4.98 Å². The number of benzene rings is 1. The minimum Gasteiger partial charge on any atom is -0.375 e. The molecule has 9 nitrogen and oxygen atoms in total. The van der Waals surface area contributed by atoms with Gasteiger partial charge in [0.15, 0.2) is 0 Å². The third-order valence-corrected chi connectivity index (χ3v) is 7.51. The summed E-state index contributed by atoms with van der Waals surface area (Å²) in [4.78, 5) is 22.4. The minimum atomic E-state index is -0.761. The first kappa shape index (κ1) is 23.4.